The van der Waals surface area contributed by atoms with Crippen molar-refractivity contribution < 1.29 is 0 Å². The summed E-state index contributed by atoms with van der Waals surface area (Å²) in [6.07, 6.45) is 4.09. The van der Waals surface area contributed by atoms with Gasteiger partial charge in [-0.05, 0) is 44.0 Å². The Balaban J connectivity index is 0.000000336. The lowest BCUT2D eigenvalue weighted by Crippen LogP contribution is -1.81. The van der Waals surface area contributed by atoms with E-state index in [1.807, 2.05) is 13.8 Å². The third-order valence-electron chi connectivity index (χ3n) is 2.20. The molecule has 0 aliphatic heterocycles. The Bertz CT molecular complexity index is 236. The molecule has 1 rings (SSSR count). The first kappa shape index (κ1) is 13.9. The molecule has 0 atom stereocenters. The van der Waals surface area contributed by atoms with E-state index in [9.17, 15) is 0 Å². The molecule has 0 unspecified atom stereocenters. The average Bonchev–Trinajstić information content (AvgIpc) is 2.31. The number of nitrogens with zero attached hydrogens (tertiary/aromatic N) is 1. The van der Waals surface area contributed by atoms with E-state index in [0.717, 1.165) is 19.4 Å². The van der Waals surface area contributed by atoms with Gasteiger partial charge in [0.05, 0.1) is 0 Å². The standard InChI is InChI=1S/C10H14.C4H9N/c1-3-9-5-7-10(4-2)8-6-9;1-3-5-4-2/h5-8H,3-4H2,1-2H3;3H,4H2,1-2H3. The molecule has 15 heavy (non-hydrogen) atoms. The highest BCUT2D eigenvalue weighted by Gasteiger charge is 1.88. The number of aryl methyl sites for hydroxylation is 2. The van der Waals surface area contributed by atoms with Crippen molar-refractivity contribution in [1.29, 1.82) is 0 Å². The molecule has 0 aromatic heterocycles. The molecule has 0 bridgehead atoms. The molecular formula is C14H23N. The predicted octanol–water partition coefficient (Wildman–Crippen LogP) is 3.91. The molecule has 0 saturated heterocycles. The van der Waals surface area contributed by atoms with Crippen LogP contribution in [0.25, 0.3) is 0 Å². The van der Waals surface area contributed by atoms with Gasteiger partial charge in [-0.15, -0.1) is 0 Å². The maximum atomic E-state index is 3.85. The third kappa shape index (κ3) is 6.89. The molecule has 1 aromatic carbocycles. The van der Waals surface area contributed by atoms with Crippen LogP contribution in [0.4, 0.5) is 0 Å². The van der Waals surface area contributed by atoms with Gasteiger partial charge in [-0.1, -0.05) is 38.1 Å². The summed E-state index contributed by atoms with van der Waals surface area (Å²) in [5.41, 5.74) is 2.86. The molecule has 0 aliphatic carbocycles. The van der Waals surface area contributed by atoms with Crippen molar-refractivity contribution in [3.63, 3.8) is 0 Å². The maximum absolute atomic E-state index is 3.85. The molecule has 0 aliphatic rings. The van der Waals surface area contributed by atoms with Gasteiger partial charge in [-0.25, -0.2) is 0 Å². The predicted molar refractivity (Wildman–Crippen MR) is 69.9 cm³/mol. The molecule has 84 valence electrons. The topological polar surface area (TPSA) is 12.4 Å². The molecule has 0 radical (unpaired) electrons. The van der Waals surface area contributed by atoms with E-state index in [-0.39, 0.29) is 0 Å². The van der Waals surface area contributed by atoms with Gasteiger partial charge in [0, 0.05) is 6.54 Å². The normalized spacial score (nSPS) is 9.87. The summed E-state index contributed by atoms with van der Waals surface area (Å²) in [5, 5.41) is 0. The van der Waals surface area contributed by atoms with E-state index in [2.05, 4.69) is 43.1 Å². The third-order valence-corrected chi connectivity index (χ3v) is 2.20. The van der Waals surface area contributed by atoms with Gasteiger partial charge in [-0.3, -0.25) is 4.99 Å². The van der Waals surface area contributed by atoms with Gasteiger partial charge in [0.15, 0.2) is 0 Å². The van der Waals surface area contributed by atoms with Crippen LogP contribution in [0, 0.1) is 0 Å². The van der Waals surface area contributed by atoms with Crippen LogP contribution in [0.15, 0.2) is 29.3 Å². The second kappa shape index (κ2) is 9.45. The summed E-state index contributed by atoms with van der Waals surface area (Å²) >= 11 is 0. The summed E-state index contributed by atoms with van der Waals surface area (Å²) in [6, 6.07) is 8.83. The summed E-state index contributed by atoms with van der Waals surface area (Å²) in [6.45, 7) is 9.21. The Kier molecular flexibility index (Phi) is 8.75. The van der Waals surface area contributed by atoms with Crippen molar-refractivity contribution in [2.75, 3.05) is 6.54 Å². The minimum Gasteiger partial charge on any atom is -0.298 e. The number of rotatable bonds is 3. The van der Waals surface area contributed by atoms with Crippen molar-refractivity contribution in [2.45, 2.75) is 40.5 Å². The highest BCUT2D eigenvalue weighted by molar-refractivity contribution is 5.52. The van der Waals surface area contributed by atoms with Crippen LogP contribution >= 0.6 is 0 Å². The SMILES string of the molecule is CC=NCC.CCc1ccc(CC)cc1. The van der Waals surface area contributed by atoms with Crippen LogP contribution in [0.3, 0.4) is 0 Å². The van der Waals surface area contributed by atoms with Gasteiger partial charge >= 0.3 is 0 Å². The Hall–Kier alpha value is -1.11. The largest absolute Gasteiger partial charge is 0.298 e. The zero-order valence-electron chi connectivity index (χ0n) is 10.5. The molecule has 0 N–H and O–H groups in total. The molecule has 0 saturated carbocycles. The van der Waals surface area contributed by atoms with Crippen LogP contribution in [0.2, 0.25) is 0 Å². The molecule has 0 fully saturated rings. The van der Waals surface area contributed by atoms with Crippen molar-refractivity contribution in [3.8, 4) is 0 Å². The lowest BCUT2D eigenvalue weighted by Gasteiger charge is -1.97. The molecule has 0 spiro atoms. The summed E-state index contributed by atoms with van der Waals surface area (Å²) in [4.78, 5) is 3.85. The Labute approximate surface area is 94.3 Å². The van der Waals surface area contributed by atoms with Gasteiger partial charge in [0.2, 0.25) is 0 Å². The lowest BCUT2D eigenvalue weighted by atomic mass is 10.1. The fraction of sp³-hybridized carbons (Fsp3) is 0.500. The fourth-order valence-electron chi connectivity index (χ4n) is 1.19. The van der Waals surface area contributed by atoms with Crippen molar-refractivity contribution in [3.05, 3.63) is 35.4 Å². The van der Waals surface area contributed by atoms with Crippen LogP contribution in [-0.4, -0.2) is 12.8 Å². The molecule has 0 heterocycles. The van der Waals surface area contributed by atoms with E-state index < -0.39 is 0 Å². The number of hydrogen-bond acceptors (Lipinski definition) is 1. The van der Waals surface area contributed by atoms with Gasteiger partial charge in [0.1, 0.15) is 0 Å². The summed E-state index contributed by atoms with van der Waals surface area (Å²) in [7, 11) is 0. The lowest BCUT2D eigenvalue weighted by molar-refractivity contribution is 1.10. The van der Waals surface area contributed by atoms with Crippen LogP contribution < -0.4 is 0 Å². The second-order valence-electron chi connectivity index (χ2n) is 3.28. The van der Waals surface area contributed by atoms with Gasteiger partial charge in [-0.2, -0.15) is 0 Å². The Morgan fingerprint density at radius 1 is 0.933 bits per heavy atom. The first-order valence-corrected chi connectivity index (χ1v) is 5.80. The second-order valence-corrected chi connectivity index (χ2v) is 3.28. The van der Waals surface area contributed by atoms with E-state index in [1.165, 1.54) is 11.1 Å². The zero-order chi connectivity index (χ0) is 11.5. The van der Waals surface area contributed by atoms with E-state index in [0.29, 0.717) is 0 Å². The molecule has 1 aromatic rings. The van der Waals surface area contributed by atoms with Crippen LogP contribution in [0.1, 0.15) is 38.8 Å². The number of aliphatic imine (C=N–C) groups is 1. The van der Waals surface area contributed by atoms with Crippen LogP contribution in [0.5, 0.6) is 0 Å². The first-order chi connectivity index (χ1) is 7.28. The molecule has 1 heteroatoms. The zero-order valence-corrected chi connectivity index (χ0v) is 10.5. The minimum atomic E-state index is 0.913. The minimum absolute atomic E-state index is 0.913. The monoisotopic (exact) mass is 205 g/mol. The quantitative estimate of drug-likeness (QED) is 0.663. The highest BCUT2D eigenvalue weighted by atomic mass is 14.7. The summed E-state index contributed by atoms with van der Waals surface area (Å²) in [5.74, 6) is 0. The van der Waals surface area contributed by atoms with Crippen molar-refractivity contribution in [1.82, 2.24) is 0 Å². The molecule has 1 nitrogen and oxygen atoms in total. The van der Waals surface area contributed by atoms with Crippen molar-refractivity contribution >= 4 is 6.21 Å². The molecular weight excluding hydrogens is 182 g/mol. The first-order valence-electron chi connectivity index (χ1n) is 5.80. The fourth-order valence-corrected chi connectivity index (χ4v) is 1.19. The number of hydrogen-bond donors (Lipinski definition) is 0. The smallest absolute Gasteiger partial charge is 0.0356 e. The molecule has 0 amide bonds. The van der Waals surface area contributed by atoms with E-state index in [4.69, 9.17) is 0 Å². The van der Waals surface area contributed by atoms with Crippen LogP contribution in [-0.2, 0) is 12.8 Å². The number of benzene rings is 1. The highest BCUT2D eigenvalue weighted by Crippen LogP contribution is 2.04. The summed E-state index contributed by atoms with van der Waals surface area (Å²) < 4.78 is 0. The maximum Gasteiger partial charge on any atom is 0.0356 e. The van der Waals surface area contributed by atoms with Gasteiger partial charge < -0.3 is 0 Å². The van der Waals surface area contributed by atoms with E-state index >= 15 is 0 Å². The average molecular weight is 205 g/mol. The Morgan fingerprint density at radius 2 is 1.33 bits per heavy atom. The van der Waals surface area contributed by atoms with Gasteiger partial charge in [0.25, 0.3) is 0 Å². The van der Waals surface area contributed by atoms with E-state index in [1.54, 1.807) is 6.21 Å². The Morgan fingerprint density at radius 3 is 1.47 bits per heavy atom. The van der Waals surface area contributed by atoms with Crippen molar-refractivity contribution in [2.24, 2.45) is 4.99 Å².